The van der Waals surface area contributed by atoms with Crippen LogP contribution in [0.2, 0.25) is 0 Å². The zero-order valence-corrected chi connectivity index (χ0v) is 13.8. The van der Waals surface area contributed by atoms with Gasteiger partial charge in [0.15, 0.2) is 0 Å². The molecule has 1 heterocycles. The molecule has 1 amide bonds. The predicted molar refractivity (Wildman–Crippen MR) is 89.8 cm³/mol. The number of fused-ring (bicyclic) bond motifs is 2. The third kappa shape index (κ3) is 2.24. The number of rotatable bonds is 4. The number of amides is 1. The average Bonchev–Trinajstić information content (AvgIpc) is 3.33. The molecule has 0 radical (unpaired) electrons. The second-order valence-corrected chi connectivity index (χ2v) is 7.91. The predicted octanol–water partition coefficient (Wildman–Crippen LogP) is 3.50. The molecule has 1 aromatic carbocycles. The van der Waals surface area contributed by atoms with E-state index in [0.717, 1.165) is 13.1 Å². The molecule has 0 aromatic heterocycles. The summed E-state index contributed by atoms with van der Waals surface area (Å²) in [6.07, 6.45) is 10.00. The molecule has 23 heavy (non-hydrogen) atoms. The van der Waals surface area contributed by atoms with Crippen LogP contribution in [-0.4, -0.2) is 34.5 Å². The zero-order valence-electron chi connectivity index (χ0n) is 13.8. The molecule has 3 heteroatoms. The van der Waals surface area contributed by atoms with E-state index in [2.05, 4.69) is 34.1 Å². The summed E-state index contributed by atoms with van der Waals surface area (Å²) in [4.78, 5) is 17.3. The van der Waals surface area contributed by atoms with Crippen LogP contribution in [0.25, 0.3) is 0 Å². The van der Waals surface area contributed by atoms with Gasteiger partial charge in [0.1, 0.15) is 0 Å². The smallest absolute Gasteiger partial charge is 0.229 e. The van der Waals surface area contributed by atoms with E-state index >= 15 is 0 Å². The van der Waals surface area contributed by atoms with Gasteiger partial charge in [-0.2, -0.15) is 0 Å². The van der Waals surface area contributed by atoms with Crippen LogP contribution in [-0.2, 0) is 11.2 Å². The number of aryl methyl sites for hydroxylation is 1. The highest BCUT2D eigenvalue weighted by Gasteiger charge is 2.51. The highest BCUT2D eigenvalue weighted by Crippen LogP contribution is 2.44. The minimum atomic E-state index is 0.370. The maximum absolute atomic E-state index is 12.4. The molecule has 3 fully saturated rings. The number of hydrogen-bond donors (Lipinski definition) is 0. The van der Waals surface area contributed by atoms with Crippen molar-refractivity contribution in [3.63, 3.8) is 0 Å². The van der Waals surface area contributed by atoms with Crippen molar-refractivity contribution in [2.75, 3.05) is 6.67 Å². The van der Waals surface area contributed by atoms with Crippen LogP contribution in [0.1, 0.15) is 62.1 Å². The molecule has 1 aliphatic heterocycles. The second kappa shape index (κ2) is 5.34. The third-order valence-electron chi connectivity index (χ3n) is 6.55. The van der Waals surface area contributed by atoms with Crippen molar-refractivity contribution in [1.29, 1.82) is 0 Å². The number of carbonyl (C=O) groups excluding carboxylic acids is 1. The monoisotopic (exact) mass is 310 g/mol. The number of β-lactam (4-membered cyclic amide) rings is 1. The van der Waals surface area contributed by atoms with E-state index in [1.54, 1.807) is 0 Å². The number of nitrogens with zero attached hydrogens (tertiary/aromatic N) is 2. The lowest BCUT2D eigenvalue weighted by molar-refractivity contribution is -0.159. The van der Waals surface area contributed by atoms with Crippen molar-refractivity contribution < 1.29 is 4.79 Å². The Kier molecular flexibility index (Phi) is 3.26. The Labute approximate surface area is 138 Å². The van der Waals surface area contributed by atoms with E-state index in [1.165, 1.54) is 56.1 Å². The molecule has 1 saturated heterocycles. The normalized spacial score (nSPS) is 32.7. The number of hydrogen-bond acceptors (Lipinski definition) is 2. The first-order valence-corrected chi connectivity index (χ1v) is 9.47. The van der Waals surface area contributed by atoms with Crippen molar-refractivity contribution >= 4 is 5.91 Å². The Morgan fingerprint density at radius 2 is 1.91 bits per heavy atom. The molecule has 4 aliphatic rings. The van der Waals surface area contributed by atoms with Crippen molar-refractivity contribution in [2.45, 2.75) is 69.5 Å². The van der Waals surface area contributed by atoms with E-state index in [0.29, 0.717) is 30.0 Å². The largest absolute Gasteiger partial charge is 0.326 e. The van der Waals surface area contributed by atoms with E-state index in [9.17, 15) is 4.79 Å². The Bertz CT molecular complexity index is 624. The molecule has 0 spiro atoms. The molecule has 122 valence electrons. The molecular formula is C20H26N2O. The summed E-state index contributed by atoms with van der Waals surface area (Å²) < 4.78 is 0. The van der Waals surface area contributed by atoms with Gasteiger partial charge in [-0.1, -0.05) is 30.7 Å². The van der Waals surface area contributed by atoms with Crippen LogP contribution in [0.15, 0.2) is 24.3 Å². The molecule has 3 nitrogen and oxygen atoms in total. The van der Waals surface area contributed by atoms with Gasteiger partial charge in [0.25, 0.3) is 0 Å². The molecule has 0 N–H and O–H groups in total. The van der Waals surface area contributed by atoms with Gasteiger partial charge < -0.3 is 4.90 Å². The SMILES string of the molecule is O=C1C2CCCC2N1CN(C1CC1)C1CCCc2ccccc21. The summed E-state index contributed by atoms with van der Waals surface area (Å²) in [5, 5.41) is 0. The second-order valence-electron chi connectivity index (χ2n) is 7.91. The summed E-state index contributed by atoms with van der Waals surface area (Å²) in [5.41, 5.74) is 3.06. The van der Waals surface area contributed by atoms with Crippen LogP contribution in [0, 0.1) is 5.92 Å². The molecule has 5 rings (SSSR count). The highest BCUT2D eigenvalue weighted by molar-refractivity contribution is 5.86. The van der Waals surface area contributed by atoms with E-state index < -0.39 is 0 Å². The Morgan fingerprint density at radius 1 is 1.04 bits per heavy atom. The van der Waals surface area contributed by atoms with Crippen LogP contribution < -0.4 is 0 Å². The maximum atomic E-state index is 12.4. The molecule has 2 saturated carbocycles. The highest BCUT2D eigenvalue weighted by atomic mass is 16.2. The average molecular weight is 310 g/mol. The van der Waals surface area contributed by atoms with Crippen LogP contribution in [0.4, 0.5) is 0 Å². The lowest BCUT2D eigenvalue weighted by atomic mass is 9.86. The Morgan fingerprint density at radius 3 is 2.78 bits per heavy atom. The summed E-state index contributed by atoms with van der Waals surface area (Å²) in [6, 6.07) is 10.8. The molecule has 1 aromatic rings. The number of benzene rings is 1. The Hall–Kier alpha value is -1.35. The summed E-state index contributed by atoms with van der Waals surface area (Å²) >= 11 is 0. The summed E-state index contributed by atoms with van der Waals surface area (Å²) in [7, 11) is 0. The zero-order chi connectivity index (χ0) is 15.4. The van der Waals surface area contributed by atoms with Gasteiger partial charge >= 0.3 is 0 Å². The molecule has 3 unspecified atom stereocenters. The van der Waals surface area contributed by atoms with E-state index in [4.69, 9.17) is 0 Å². The summed E-state index contributed by atoms with van der Waals surface area (Å²) in [5.74, 6) is 0.803. The van der Waals surface area contributed by atoms with Gasteiger partial charge in [0.2, 0.25) is 5.91 Å². The van der Waals surface area contributed by atoms with Gasteiger partial charge in [-0.25, -0.2) is 0 Å². The van der Waals surface area contributed by atoms with Crippen molar-refractivity contribution in [1.82, 2.24) is 9.80 Å². The molecule has 3 atom stereocenters. The first-order valence-electron chi connectivity index (χ1n) is 9.47. The van der Waals surface area contributed by atoms with E-state index in [-0.39, 0.29) is 0 Å². The van der Waals surface area contributed by atoms with Gasteiger partial charge in [-0.15, -0.1) is 0 Å². The fraction of sp³-hybridized carbons (Fsp3) is 0.650. The quantitative estimate of drug-likeness (QED) is 0.795. The Balaban J connectivity index is 1.40. The fourth-order valence-corrected chi connectivity index (χ4v) is 5.19. The van der Waals surface area contributed by atoms with Crippen molar-refractivity contribution in [3.8, 4) is 0 Å². The molecule has 0 bridgehead atoms. The number of carbonyl (C=O) groups is 1. The van der Waals surface area contributed by atoms with Gasteiger partial charge in [0, 0.05) is 18.1 Å². The lowest BCUT2D eigenvalue weighted by Crippen LogP contribution is -2.61. The van der Waals surface area contributed by atoms with Gasteiger partial charge in [0.05, 0.1) is 12.6 Å². The summed E-state index contributed by atoms with van der Waals surface area (Å²) in [6.45, 7) is 0.879. The fourth-order valence-electron chi connectivity index (χ4n) is 5.19. The van der Waals surface area contributed by atoms with Crippen molar-refractivity contribution in [2.24, 2.45) is 5.92 Å². The first-order chi connectivity index (χ1) is 11.3. The minimum absolute atomic E-state index is 0.370. The number of likely N-dealkylation sites (tertiary alicyclic amines) is 1. The van der Waals surface area contributed by atoms with Crippen molar-refractivity contribution in [3.05, 3.63) is 35.4 Å². The van der Waals surface area contributed by atoms with E-state index in [1.807, 2.05) is 0 Å². The van der Waals surface area contributed by atoms with Crippen LogP contribution in [0.5, 0.6) is 0 Å². The minimum Gasteiger partial charge on any atom is -0.326 e. The van der Waals surface area contributed by atoms with Gasteiger partial charge in [-0.05, 0) is 56.1 Å². The van der Waals surface area contributed by atoms with Crippen LogP contribution in [0.3, 0.4) is 0 Å². The standard InChI is InChI=1S/C20H26N2O/c23-20-17-8-4-10-19(17)22(20)13-21(15-11-12-15)18-9-3-6-14-5-1-2-7-16(14)18/h1-2,5,7,15,17-19H,3-4,6,8-13H2. The topological polar surface area (TPSA) is 23.6 Å². The van der Waals surface area contributed by atoms with Gasteiger partial charge in [-0.3, -0.25) is 9.69 Å². The molecular weight excluding hydrogens is 284 g/mol. The first kappa shape index (κ1) is 14.0. The lowest BCUT2D eigenvalue weighted by Gasteiger charge is -2.48. The van der Waals surface area contributed by atoms with Crippen LogP contribution >= 0.6 is 0 Å². The molecule has 3 aliphatic carbocycles. The maximum Gasteiger partial charge on any atom is 0.229 e. The third-order valence-corrected chi connectivity index (χ3v) is 6.55.